The van der Waals surface area contributed by atoms with Crippen molar-refractivity contribution in [2.24, 2.45) is 0 Å². The van der Waals surface area contributed by atoms with Gasteiger partial charge < -0.3 is 15.0 Å². The van der Waals surface area contributed by atoms with E-state index < -0.39 is 0 Å². The van der Waals surface area contributed by atoms with Gasteiger partial charge in [-0.2, -0.15) is 0 Å². The van der Waals surface area contributed by atoms with E-state index in [0.29, 0.717) is 26.0 Å². The first kappa shape index (κ1) is 13.0. The zero-order chi connectivity index (χ0) is 12.1. The van der Waals surface area contributed by atoms with Crippen LogP contribution in [0, 0.1) is 0 Å². The molecular formula is C11H20N2O3. The summed E-state index contributed by atoms with van der Waals surface area (Å²) in [4.78, 5) is 25.4. The number of nitrogens with one attached hydrogen (secondary N) is 1. The van der Waals surface area contributed by atoms with Crippen molar-refractivity contribution in [1.29, 1.82) is 0 Å². The molecule has 1 aliphatic heterocycles. The number of ether oxygens (including phenoxy) is 1. The van der Waals surface area contributed by atoms with Gasteiger partial charge in [0.05, 0.1) is 6.61 Å². The number of methoxy groups -OCH3 is 1. The van der Waals surface area contributed by atoms with Crippen LogP contribution < -0.4 is 5.32 Å². The largest absolute Gasteiger partial charge is 0.383 e. The summed E-state index contributed by atoms with van der Waals surface area (Å²) >= 11 is 0. The average Bonchev–Trinajstić information content (AvgIpc) is 2.29. The number of hydrogen-bond donors (Lipinski definition) is 1. The van der Waals surface area contributed by atoms with Crippen LogP contribution in [0.5, 0.6) is 0 Å². The number of rotatable bonds is 5. The lowest BCUT2D eigenvalue weighted by atomic mass is 10.0. The highest BCUT2D eigenvalue weighted by atomic mass is 16.5. The molecule has 0 saturated carbocycles. The number of amides is 2. The molecule has 1 saturated heterocycles. The van der Waals surface area contributed by atoms with Crippen LogP contribution in [0.15, 0.2) is 0 Å². The predicted octanol–water partition coefficient (Wildman–Crippen LogP) is 0.148. The summed E-state index contributed by atoms with van der Waals surface area (Å²) in [7, 11) is 1.59. The molecule has 92 valence electrons. The number of nitrogens with zero attached hydrogens (tertiary/aromatic N) is 1. The third kappa shape index (κ3) is 2.52. The summed E-state index contributed by atoms with van der Waals surface area (Å²) < 4.78 is 4.96. The van der Waals surface area contributed by atoms with Crippen molar-refractivity contribution in [3.8, 4) is 0 Å². The first-order chi connectivity index (χ1) is 7.65. The molecule has 0 spiro atoms. The Bertz CT molecular complexity index is 268. The lowest BCUT2D eigenvalue weighted by molar-refractivity contribution is -0.150. The molecule has 2 atom stereocenters. The van der Waals surface area contributed by atoms with E-state index in [0.717, 1.165) is 0 Å². The van der Waals surface area contributed by atoms with E-state index in [1.54, 1.807) is 12.0 Å². The minimum Gasteiger partial charge on any atom is -0.383 e. The topological polar surface area (TPSA) is 58.6 Å². The van der Waals surface area contributed by atoms with Gasteiger partial charge in [-0.1, -0.05) is 13.8 Å². The summed E-state index contributed by atoms with van der Waals surface area (Å²) in [5.74, 6) is -0.0453. The highest BCUT2D eigenvalue weighted by Crippen LogP contribution is 2.14. The quantitative estimate of drug-likeness (QED) is 0.728. The van der Waals surface area contributed by atoms with E-state index >= 15 is 0 Å². The van der Waals surface area contributed by atoms with Crippen LogP contribution in [0.4, 0.5) is 0 Å². The summed E-state index contributed by atoms with van der Waals surface area (Å²) in [5.41, 5.74) is 0. The Morgan fingerprint density at radius 2 is 2.00 bits per heavy atom. The Kier molecular flexibility index (Phi) is 4.73. The fourth-order valence-electron chi connectivity index (χ4n) is 1.96. The molecule has 16 heavy (non-hydrogen) atoms. The van der Waals surface area contributed by atoms with Crippen LogP contribution in [0.1, 0.15) is 26.7 Å². The predicted molar refractivity (Wildman–Crippen MR) is 59.9 cm³/mol. The van der Waals surface area contributed by atoms with Crippen molar-refractivity contribution in [3.05, 3.63) is 0 Å². The highest BCUT2D eigenvalue weighted by molar-refractivity contribution is 5.96. The van der Waals surface area contributed by atoms with E-state index in [4.69, 9.17) is 4.74 Å². The third-order valence-corrected chi connectivity index (χ3v) is 2.91. The van der Waals surface area contributed by atoms with Crippen LogP contribution in [0.2, 0.25) is 0 Å². The van der Waals surface area contributed by atoms with Gasteiger partial charge in [0.15, 0.2) is 0 Å². The van der Waals surface area contributed by atoms with Crippen molar-refractivity contribution in [1.82, 2.24) is 10.2 Å². The van der Waals surface area contributed by atoms with E-state index in [9.17, 15) is 9.59 Å². The van der Waals surface area contributed by atoms with E-state index in [-0.39, 0.29) is 23.9 Å². The molecule has 0 bridgehead atoms. The molecule has 0 aromatic rings. The van der Waals surface area contributed by atoms with Gasteiger partial charge in [0, 0.05) is 13.7 Å². The Labute approximate surface area is 96.1 Å². The summed E-state index contributed by atoms with van der Waals surface area (Å²) in [6.45, 7) is 4.75. The highest BCUT2D eigenvalue weighted by Gasteiger charge is 2.38. The van der Waals surface area contributed by atoms with Crippen molar-refractivity contribution < 1.29 is 14.3 Å². The second-order valence-corrected chi connectivity index (χ2v) is 3.92. The zero-order valence-electron chi connectivity index (χ0n) is 10.2. The molecule has 1 fully saturated rings. The maximum atomic E-state index is 12.0. The van der Waals surface area contributed by atoms with Crippen LogP contribution in [0.25, 0.3) is 0 Å². The molecule has 0 aromatic heterocycles. The molecule has 5 heteroatoms. The van der Waals surface area contributed by atoms with E-state index in [1.165, 1.54) is 0 Å². The molecule has 0 radical (unpaired) electrons. The van der Waals surface area contributed by atoms with Crippen molar-refractivity contribution in [2.45, 2.75) is 38.8 Å². The van der Waals surface area contributed by atoms with Gasteiger partial charge in [-0.05, 0) is 12.8 Å². The molecule has 1 rings (SSSR count). The van der Waals surface area contributed by atoms with Gasteiger partial charge >= 0.3 is 0 Å². The molecule has 5 nitrogen and oxygen atoms in total. The van der Waals surface area contributed by atoms with Gasteiger partial charge in [-0.3, -0.25) is 9.59 Å². The number of carbonyl (C=O) groups excluding carboxylic acids is 2. The van der Waals surface area contributed by atoms with Crippen LogP contribution in [0.3, 0.4) is 0 Å². The Balaban J connectivity index is 2.78. The maximum Gasteiger partial charge on any atom is 0.245 e. The Morgan fingerprint density at radius 3 is 2.50 bits per heavy atom. The summed E-state index contributed by atoms with van der Waals surface area (Å²) in [5, 5.41) is 2.75. The normalized spacial score (nSPS) is 25.8. The second kappa shape index (κ2) is 5.84. The van der Waals surface area contributed by atoms with Gasteiger partial charge in [-0.15, -0.1) is 0 Å². The molecule has 1 heterocycles. The minimum absolute atomic E-state index is 0.00556. The van der Waals surface area contributed by atoms with Gasteiger partial charge in [-0.25, -0.2) is 0 Å². The monoisotopic (exact) mass is 228 g/mol. The molecule has 1 N–H and O–H groups in total. The first-order valence-electron chi connectivity index (χ1n) is 5.75. The molecule has 0 aliphatic carbocycles. The van der Waals surface area contributed by atoms with Crippen molar-refractivity contribution in [2.75, 3.05) is 20.3 Å². The van der Waals surface area contributed by atoms with Crippen molar-refractivity contribution >= 4 is 11.8 Å². The van der Waals surface area contributed by atoms with Gasteiger partial charge in [0.1, 0.15) is 12.1 Å². The second-order valence-electron chi connectivity index (χ2n) is 3.92. The zero-order valence-corrected chi connectivity index (χ0v) is 10.2. The van der Waals surface area contributed by atoms with E-state index in [2.05, 4.69) is 5.32 Å². The van der Waals surface area contributed by atoms with Crippen molar-refractivity contribution in [3.63, 3.8) is 0 Å². The molecule has 2 unspecified atom stereocenters. The molecule has 1 aliphatic rings. The Morgan fingerprint density at radius 1 is 1.31 bits per heavy atom. The van der Waals surface area contributed by atoms with Crippen LogP contribution in [-0.4, -0.2) is 49.1 Å². The lowest BCUT2D eigenvalue weighted by Crippen LogP contribution is -2.63. The fourth-order valence-corrected chi connectivity index (χ4v) is 1.96. The average molecular weight is 228 g/mol. The van der Waals surface area contributed by atoms with Gasteiger partial charge in [0.25, 0.3) is 0 Å². The maximum absolute atomic E-state index is 12.0. The molecule has 0 aromatic carbocycles. The molecule has 2 amide bonds. The summed E-state index contributed by atoms with van der Waals surface area (Å²) in [6.07, 6.45) is 1.27. The first-order valence-corrected chi connectivity index (χ1v) is 5.75. The number of hydrogen-bond acceptors (Lipinski definition) is 3. The number of piperazine rings is 1. The third-order valence-electron chi connectivity index (χ3n) is 2.91. The fraction of sp³-hybridized carbons (Fsp3) is 0.818. The number of carbonyl (C=O) groups is 2. The van der Waals surface area contributed by atoms with E-state index in [1.807, 2.05) is 13.8 Å². The van der Waals surface area contributed by atoms with Crippen LogP contribution in [-0.2, 0) is 14.3 Å². The summed E-state index contributed by atoms with van der Waals surface area (Å²) in [6, 6.07) is -0.711. The lowest BCUT2D eigenvalue weighted by Gasteiger charge is -2.38. The molecular weight excluding hydrogens is 208 g/mol. The Hall–Kier alpha value is -1.10. The van der Waals surface area contributed by atoms with Gasteiger partial charge in [0.2, 0.25) is 11.8 Å². The smallest absolute Gasteiger partial charge is 0.245 e. The minimum atomic E-state index is -0.368. The van der Waals surface area contributed by atoms with Crippen LogP contribution >= 0.6 is 0 Å². The SMILES string of the molecule is CCC1NC(=O)C(CC)N(CCOC)C1=O. The standard InChI is InChI=1S/C11H20N2O3/c1-4-8-11(15)13(6-7-16-3)9(5-2)10(14)12-8/h8-9H,4-7H2,1-3H3,(H,12,14).